The van der Waals surface area contributed by atoms with Crippen molar-refractivity contribution in [3.63, 3.8) is 0 Å². The van der Waals surface area contributed by atoms with Crippen molar-refractivity contribution in [1.82, 2.24) is 10.6 Å². The van der Waals surface area contributed by atoms with Gasteiger partial charge in [0.25, 0.3) is 5.91 Å². The fraction of sp³-hybridized carbons (Fsp3) is 0.500. The van der Waals surface area contributed by atoms with Crippen molar-refractivity contribution in [2.75, 3.05) is 38.3 Å². The average molecular weight is 337 g/mol. The lowest BCUT2D eigenvalue weighted by atomic mass is 10.2. The molecule has 0 saturated carbocycles. The number of nitrogens with one attached hydrogen (secondary N) is 2. The van der Waals surface area contributed by atoms with Gasteiger partial charge in [-0.2, -0.15) is 0 Å². The van der Waals surface area contributed by atoms with Crippen LogP contribution in [0.5, 0.6) is 5.75 Å². The summed E-state index contributed by atoms with van der Waals surface area (Å²) in [4.78, 5) is 14.2. The summed E-state index contributed by atoms with van der Waals surface area (Å²) in [5.74, 6) is 0.539. The Morgan fingerprint density at radius 3 is 2.91 bits per heavy atom. The molecule has 23 heavy (non-hydrogen) atoms. The molecule has 6 nitrogen and oxygen atoms in total. The maximum absolute atomic E-state index is 12.2. The van der Waals surface area contributed by atoms with Crippen molar-refractivity contribution in [2.24, 2.45) is 0 Å². The topological polar surface area (TPSA) is 62.8 Å². The minimum atomic E-state index is -0.585. The first-order chi connectivity index (χ1) is 11.2. The molecule has 2 rings (SSSR count). The number of thiocarbonyl (C=S) groups is 1. The van der Waals surface area contributed by atoms with Gasteiger partial charge in [0.2, 0.25) is 0 Å². The van der Waals surface area contributed by atoms with Crippen LogP contribution in [0.15, 0.2) is 24.3 Å². The van der Waals surface area contributed by atoms with Crippen LogP contribution in [0.4, 0.5) is 5.69 Å². The van der Waals surface area contributed by atoms with Gasteiger partial charge >= 0.3 is 0 Å². The number of benzene rings is 1. The van der Waals surface area contributed by atoms with E-state index < -0.39 is 6.10 Å². The molecule has 0 radical (unpaired) electrons. The van der Waals surface area contributed by atoms with E-state index in [1.165, 1.54) is 0 Å². The highest BCUT2D eigenvalue weighted by atomic mass is 32.1. The molecule has 1 aliphatic rings. The van der Waals surface area contributed by atoms with Gasteiger partial charge in [-0.3, -0.25) is 4.79 Å². The van der Waals surface area contributed by atoms with Crippen molar-refractivity contribution in [2.45, 2.75) is 19.4 Å². The largest absolute Gasteiger partial charge is 0.477 e. The van der Waals surface area contributed by atoms with Crippen LogP contribution in [0.2, 0.25) is 0 Å². The quantitative estimate of drug-likeness (QED) is 0.603. The Bertz CT molecular complexity index is 553. The van der Waals surface area contributed by atoms with E-state index in [9.17, 15) is 4.79 Å². The molecule has 126 valence electrons. The molecule has 1 aromatic rings. The second-order valence-electron chi connectivity index (χ2n) is 5.20. The zero-order valence-electron chi connectivity index (χ0n) is 13.5. The third-order valence-corrected chi connectivity index (χ3v) is 3.81. The lowest BCUT2D eigenvalue weighted by Crippen LogP contribution is -2.53. The number of ether oxygens (including phenoxy) is 2. The fourth-order valence-corrected chi connectivity index (χ4v) is 2.56. The molecular formula is C16H23N3O3S. The van der Waals surface area contributed by atoms with Crippen LogP contribution in [0.3, 0.4) is 0 Å². The van der Waals surface area contributed by atoms with E-state index in [1.807, 2.05) is 36.1 Å². The second kappa shape index (κ2) is 8.69. The maximum Gasteiger partial charge on any atom is 0.262 e. The third-order valence-electron chi connectivity index (χ3n) is 3.44. The molecule has 2 N–H and O–H groups in total. The molecular weight excluding hydrogens is 314 g/mol. The van der Waals surface area contributed by atoms with Crippen LogP contribution in [0, 0.1) is 0 Å². The summed E-state index contributed by atoms with van der Waals surface area (Å²) in [5, 5.41) is 6.57. The standard InChI is InChI=1S/C16H23N3O3S/c1-3-8-17-15(20)14-11-19(16(23)18-9-10-21-2)12-6-4-5-7-13(12)22-14/h4-7,14H,3,8-11H2,1-2H3,(H,17,20)(H,18,23)/t14-/m1/s1. The molecule has 1 atom stereocenters. The highest BCUT2D eigenvalue weighted by Gasteiger charge is 2.32. The number of hydrogen-bond acceptors (Lipinski definition) is 4. The molecule has 0 bridgehead atoms. The molecule has 0 saturated heterocycles. The van der Waals surface area contributed by atoms with Gasteiger partial charge in [0.1, 0.15) is 5.75 Å². The van der Waals surface area contributed by atoms with Gasteiger partial charge in [0, 0.05) is 20.2 Å². The zero-order chi connectivity index (χ0) is 16.7. The van der Waals surface area contributed by atoms with E-state index in [0.29, 0.717) is 37.1 Å². The van der Waals surface area contributed by atoms with Crippen molar-refractivity contribution in [1.29, 1.82) is 0 Å². The van der Waals surface area contributed by atoms with E-state index in [2.05, 4.69) is 10.6 Å². The lowest BCUT2D eigenvalue weighted by Gasteiger charge is -2.35. The first kappa shape index (κ1) is 17.5. The van der Waals surface area contributed by atoms with Crippen LogP contribution in [0.25, 0.3) is 0 Å². The van der Waals surface area contributed by atoms with Crippen molar-refractivity contribution in [3.05, 3.63) is 24.3 Å². The molecule has 7 heteroatoms. The Morgan fingerprint density at radius 1 is 1.39 bits per heavy atom. The third kappa shape index (κ3) is 4.56. The Balaban J connectivity index is 2.12. The number of carbonyl (C=O) groups excluding carboxylic acids is 1. The first-order valence-electron chi connectivity index (χ1n) is 7.75. The normalized spacial score (nSPS) is 16.3. The van der Waals surface area contributed by atoms with Gasteiger partial charge in [0.15, 0.2) is 11.2 Å². The van der Waals surface area contributed by atoms with E-state index in [0.717, 1.165) is 12.1 Å². The van der Waals surface area contributed by atoms with E-state index in [4.69, 9.17) is 21.7 Å². The Morgan fingerprint density at radius 2 is 2.17 bits per heavy atom. The Kier molecular flexibility index (Phi) is 6.61. The van der Waals surface area contributed by atoms with Crippen LogP contribution in [0.1, 0.15) is 13.3 Å². The van der Waals surface area contributed by atoms with E-state index >= 15 is 0 Å². The van der Waals surface area contributed by atoms with Gasteiger partial charge in [-0.05, 0) is 30.8 Å². The SMILES string of the molecule is CCCNC(=O)[C@H]1CN(C(=S)NCCOC)c2ccccc2O1. The summed E-state index contributed by atoms with van der Waals surface area (Å²) in [5.41, 5.74) is 0.863. The van der Waals surface area contributed by atoms with Crippen molar-refractivity contribution in [3.8, 4) is 5.75 Å². The number of amides is 1. The molecule has 1 heterocycles. The number of methoxy groups -OCH3 is 1. The van der Waals surface area contributed by atoms with E-state index in [1.54, 1.807) is 7.11 Å². The minimum Gasteiger partial charge on any atom is -0.477 e. The van der Waals surface area contributed by atoms with Crippen LogP contribution >= 0.6 is 12.2 Å². The number of anilines is 1. The van der Waals surface area contributed by atoms with E-state index in [-0.39, 0.29) is 5.91 Å². The molecule has 0 spiro atoms. The number of nitrogens with zero attached hydrogens (tertiary/aromatic N) is 1. The van der Waals surface area contributed by atoms with Gasteiger partial charge in [-0.15, -0.1) is 0 Å². The van der Waals surface area contributed by atoms with Crippen LogP contribution < -0.4 is 20.3 Å². The average Bonchev–Trinajstić information content (AvgIpc) is 2.58. The summed E-state index contributed by atoms with van der Waals surface area (Å²) in [6.07, 6.45) is 0.300. The molecule has 0 aromatic heterocycles. The molecule has 0 fully saturated rings. The number of carbonyl (C=O) groups is 1. The Hall–Kier alpha value is -1.86. The molecule has 1 amide bonds. The molecule has 0 unspecified atom stereocenters. The number of fused-ring (bicyclic) bond motifs is 1. The maximum atomic E-state index is 12.2. The highest BCUT2D eigenvalue weighted by Crippen LogP contribution is 2.33. The second-order valence-corrected chi connectivity index (χ2v) is 5.59. The smallest absolute Gasteiger partial charge is 0.262 e. The summed E-state index contributed by atoms with van der Waals surface area (Å²) in [7, 11) is 1.64. The minimum absolute atomic E-state index is 0.119. The first-order valence-corrected chi connectivity index (χ1v) is 8.16. The van der Waals surface area contributed by atoms with Gasteiger partial charge < -0.3 is 25.0 Å². The molecule has 1 aliphatic heterocycles. The highest BCUT2D eigenvalue weighted by molar-refractivity contribution is 7.80. The summed E-state index contributed by atoms with van der Waals surface area (Å²) < 4.78 is 10.9. The lowest BCUT2D eigenvalue weighted by molar-refractivity contribution is -0.127. The molecule has 0 aliphatic carbocycles. The van der Waals surface area contributed by atoms with Crippen LogP contribution in [-0.4, -0.2) is 50.5 Å². The predicted octanol–water partition coefficient (Wildman–Crippen LogP) is 1.30. The fourth-order valence-electron chi connectivity index (χ4n) is 2.28. The number of hydrogen-bond donors (Lipinski definition) is 2. The number of para-hydroxylation sites is 2. The Labute approximate surface area is 142 Å². The van der Waals surface area contributed by atoms with Gasteiger partial charge in [-0.25, -0.2) is 0 Å². The monoisotopic (exact) mass is 337 g/mol. The summed E-state index contributed by atoms with van der Waals surface area (Å²) in [6, 6.07) is 7.58. The zero-order valence-corrected chi connectivity index (χ0v) is 14.3. The summed E-state index contributed by atoms with van der Waals surface area (Å²) >= 11 is 5.46. The molecule has 1 aromatic carbocycles. The van der Waals surface area contributed by atoms with Crippen LogP contribution in [-0.2, 0) is 9.53 Å². The van der Waals surface area contributed by atoms with Crippen molar-refractivity contribution < 1.29 is 14.3 Å². The van der Waals surface area contributed by atoms with Gasteiger partial charge in [0.05, 0.1) is 18.8 Å². The summed E-state index contributed by atoms with van der Waals surface area (Å²) in [6.45, 7) is 4.20. The van der Waals surface area contributed by atoms with Crippen molar-refractivity contribution >= 4 is 28.9 Å². The predicted molar refractivity (Wildman–Crippen MR) is 94.0 cm³/mol. The van der Waals surface area contributed by atoms with Gasteiger partial charge in [-0.1, -0.05) is 19.1 Å². The number of rotatable bonds is 6.